The molecular weight excluding hydrogens is 194 g/mol. The normalized spacial score (nSPS) is 20.4. The molecule has 1 heterocycles. The summed E-state index contributed by atoms with van der Waals surface area (Å²) in [5.74, 6) is -0.603. The second-order valence-corrected chi connectivity index (χ2v) is 3.40. The van der Waals surface area contributed by atoms with E-state index >= 15 is 0 Å². The van der Waals surface area contributed by atoms with Crippen LogP contribution in [0.4, 0.5) is 0 Å². The molecule has 4 nitrogen and oxygen atoms in total. The van der Waals surface area contributed by atoms with Crippen molar-refractivity contribution in [2.24, 2.45) is 0 Å². The number of amides is 2. The predicted octanol–water partition coefficient (Wildman–Crippen LogP) is 0.618. The molecule has 0 radical (unpaired) electrons. The zero-order chi connectivity index (χ0) is 10.7. The van der Waals surface area contributed by atoms with Crippen molar-refractivity contribution in [3.63, 3.8) is 0 Å². The van der Waals surface area contributed by atoms with Gasteiger partial charge in [0.05, 0.1) is 13.0 Å². The van der Waals surface area contributed by atoms with E-state index < -0.39 is 6.10 Å². The van der Waals surface area contributed by atoms with Gasteiger partial charge in [-0.15, -0.1) is 0 Å². The van der Waals surface area contributed by atoms with E-state index in [4.69, 9.17) is 4.74 Å². The Kier molecular flexibility index (Phi) is 2.78. The van der Waals surface area contributed by atoms with Crippen LogP contribution >= 0.6 is 0 Å². The highest BCUT2D eigenvalue weighted by Gasteiger charge is 2.31. The molecule has 0 aromatic heterocycles. The van der Waals surface area contributed by atoms with Gasteiger partial charge in [0.2, 0.25) is 5.91 Å². The summed E-state index contributed by atoms with van der Waals surface area (Å²) in [5.41, 5.74) is 0.990. The van der Waals surface area contributed by atoms with Crippen molar-refractivity contribution < 1.29 is 14.3 Å². The maximum atomic E-state index is 11.1. The molecule has 78 valence electrons. The molecular formula is C11H11NO3. The first-order valence-electron chi connectivity index (χ1n) is 4.75. The maximum absolute atomic E-state index is 11.1. The lowest BCUT2D eigenvalue weighted by Crippen LogP contribution is -2.26. The Morgan fingerprint density at radius 1 is 1.27 bits per heavy atom. The van der Waals surface area contributed by atoms with Crippen molar-refractivity contribution in [3.05, 3.63) is 35.9 Å². The summed E-state index contributed by atoms with van der Waals surface area (Å²) < 4.78 is 5.34. The van der Waals surface area contributed by atoms with Crippen LogP contribution in [0.1, 0.15) is 12.0 Å². The lowest BCUT2D eigenvalue weighted by molar-refractivity contribution is -0.130. The first-order chi connectivity index (χ1) is 7.25. The lowest BCUT2D eigenvalue weighted by Gasteiger charge is -2.07. The van der Waals surface area contributed by atoms with E-state index in [0.717, 1.165) is 5.56 Å². The molecule has 15 heavy (non-hydrogen) atoms. The fraction of sp³-hybridized carbons (Fsp3) is 0.273. The molecule has 2 amide bonds. The number of hydrogen-bond acceptors (Lipinski definition) is 3. The van der Waals surface area contributed by atoms with Gasteiger partial charge in [0, 0.05) is 0 Å². The van der Waals surface area contributed by atoms with Crippen LogP contribution < -0.4 is 5.32 Å². The van der Waals surface area contributed by atoms with Crippen molar-refractivity contribution in [2.45, 2.75) is 19.1 Å². The Balaban J connectivity index is 1.89. The van der Waals surface area contributed by atoms with Gasteiger partial charge in [-0.1, -0.05) is 30.3 Å². The van der Waals surface area contributed by atoms with E-state index in [1.54, 1.807) is 0 Å². The fourth-order valence-corrected chi connectivity index (χ4v) is 1.44. The van der Waals surface area contributed by atoms with Gasteiger partial charge in [-0.05, 0) is 5.56 Å². The van der Waals surface area contributed by atoms with Gasteiger partial charge in [0.1, 0.15) is 6.10 Å². The Labute approximate surface area is 87.2 Å². The standard InChI is InChI=1S/C11H11NO3/c13-10-6-9(11(14)12-10)15-7-8-4-2-1-3-5-8/h1-5,9H,6-7H2,(H,12,13,14)/t9-/m0/s1. The van der Waals surface area contributed by atoms with E-state index in [-0.39, 0.29) is 18.2 Å². The number of carbonyl (C=O) groups excluding carboxylic acids is 2. The smallest absolute Gasteiger partial charge is 0.256 e. The highest BCUT2D eigenvalue weighted by molar-refractivity contribution is 6.04. The molecule has 1 aliphatic heterocycles. The molecule has 4 heteroatoms. The molecule has 1 fully saturated rings. The first-order valence-corrected chi connectivity index (χ1v) is 4.75. The van der Waals surface area contributed by atoms with E-state index in [0.29, 0.717) is 6.61 Å². The number of benzene rings is 1. The minimum absolute atomic E-state index is 0.131. The highest BCUT2D eigenvalue weighted by atomic mass is 16.5. The quantitative estimate of drug-likeness (QED) is 0.736. The largest absolute Gasteiger partial charge is 0.363 e. The third-order valence-electron chi connectivity index (χ3n) is 2.22. The van der Waals surface area contributed by atoms with Gasteiger partial charge >= 0.3 is 0 Å². The van der Waals surface area contributed by atoms with Crippen LogP contribution in [0.25, 0.3) is 0 Å². The first kappa shape index (κ1) is 9.86. The summed E-state index contributed by atoms with van der Waals surface area (Å²) in [4.78, 5) is 22.0. The van der Waals surface area contributed by atoms with Crippen LogP contribution in [0.2, 0.25) is 0 Å². The molecule has 1 saturated heterocycles. The third-order valence-corrected chi connectivity index (χ3v) is 2.22. The van der Waals surface area contributed by atoms with Gasteiger partial charge in [-0.25, -0.2) is 0 Å². The van der Waals surface area contributed by atoms with Crippen molar-refractivity contribution in [3.8, 4) is 0 Å². The molecule has 1 N–H and O–H groups in total. The van der Waals surface area contributed by atoms with Gasteiger partial charge in [0.15, 0.2) is 0 Å². The maximum Gasteiger partial charge on any atom is 0.256 e. The molecule has 0 bridgehead atoms. The van der Waals surface area contributed by atoms with E-state index in [1.165, 1.54) is 0 Å². The van der Waals surface area contributed by atoms with Crippen molar-refractivity contribution in [1.29, 1.82) is 0 Å². The monoisotopic (exact) mass is 205 g/mol. The summed E-state index contributed by atoms with van der Waals surface area (Å²) in [6, 6.07) is 9.54. The molecule has 1 aromatic rings. The van der Waals surface area contributed by atoms with Crippen LogP contribution in [0.3, 0.4) is 0 Å². The Hall–Kier alpha value is -1.68. The van der Waals surface area contributed by atoms with E-state index in [1.807, 2.05) is 30.3 Å². The molecule has 0 spiro atoms. The van der Waals surface area contributed by atoms with Crippen molar-refractivity contribution in [1.82, 2.24) is 5.32 Å². The van der Waals surface area contributed by atoms with Crippen LogP contribution in [0.15, 0.2) is 30.3 Å². The molecule has 0 saturated carbocycles. The number of nitrogens with one attached hydrogen (secondary N) is 1. The third kappa shape index (κ3) is 2.41. The highest BCUT2D eigenvalue weighted by Crippen LogP contribution is 2.10. The molecule has 1 atom stereocenters. The molecule has 1 aliphatic rings. The summed E-state index contributed by atoms with van der Waals surface area (Å²) in [6.45, 7) is 0.353. The van der Waals surface area contributed by atoms with Gasteiger partial charge in [0.25, 0.3) is 5.91 Å². The van der Waals surface area contributed by atoms with E-state index in [9.17, 15) is 9.59 Å². The van der Waals surface area contributed by atoms with Crippen LogP contribution in [0, 0.1) is 0 Å². The second-order valence-electron chi connectivity index (χ2n) is 3.40. The van der Waals surface area contributed by atoms with Gasteiger partial charge < -0.3 is 4.74 Å². The van der Waals surface area contributed by atoms with E-state index in [2.05, 4.69) is 5.32 Å². The summed E-state index contributed by atoms with van der Waals surface area (Å²) >= 11 is 0. The van der Waals surface area contributed by atoms with Crippen molar-refractivity contribution in [2.75, 3.05) is 0 Å². The topological polar surface area (TPSA) is 55.4 Å². The SMILES string of the molecule is O=C1C[C@H](OCc2ccccc2)C(=O)N1. The second kappa shape index (κ2) is 4.23. The summed E-state index contributed by atoms with van der Waals surface area (Å²) in [5, 5.41) is 2.20. The summed E-state index contributed by atoms with van der Waals surface area (Å²) in [6.07, 6.45) is -0.497. The fourth-order valence-electron chi connectivity index (χ4n) is 1.44. The number of imide groups is 1. The van der Waals surface area contributed by atoms with Crippen LogP contribution in [-0.4, -0.2) is 17.9 Å². The average Bonchev–Trinajstić information content (AvgIpc) is 2.56. The molecule has 2 rings (SSSR count). The van der Waals surface area contributed by atoms with Gasteiger partial charge in [-0.2, -0.15) is 0 Å². The number of hydrogen-bond donors (Lipinski definition) is 1. The Morgan fingerprint density at radius 2 is 2.00 bits per heavy atom. The van der Waals surface area contributed by atoms with Crippen LogP contribution in [0.5, 0.6) is 0 Å². The number of ether oxygens (including phenoxy) is 1. The molecule has 0 unspecified atom stereocenters. The molecule has 0 aliphatic carbocycles. The van der Waals surface area contributed by atoms with Crippen LogP contribution in [-0.2, 0) is 20.9 Å². The Bertz CT molecular complexity index is 375. The number of rotatable bonds is 3. The van der Waals surface area contributed by atoms with Crippen molar-refractivity contribution >= 4 is 11.8 Å². The predicted molar refractivity (Wildman–Crippen MR) is 52.8 cm³/mol. The summed E-state index contributed by atoms with van der Waals surface area (Å²) in [7, 11) is 0. The minimum Gasteiger partial charge on any atom is -0.363 e. The zero-order valence-corrected chi connectivity index (χ0v) is 8.10. The van der Waals surface area contributed by atoms with Gasteiger partial charge in [-0.3, -0.25) is 14.9 Å². The average molecular weight is 205 g/mol. The lowest BCUT2D eigenvalue weighted by atomic mass is 10.2. The zero-order valence-electron chi connectivity index (χ0n) is 8.10. The minimum atomic E-state index is -0.627. The Morgan fingerprint density at radius 3 is 2.60 bits per heavy atom. The number of carbonyl (C=O) groups is 2. The molecule has 1 aromatic carbocycles.